The van der Waals surface area contributed by atoms with Crippen LogP contribution in [0.3, 0.4) is 0 Å². The van der Waals surface area contributed by atoms with Gasteiger partial charge in [-0.2, -0.15) is 0 Å². The molecule has 3 aromatic carbocycles. The van der Waals surface area contributed by atoms with Crippen LogP contribution in [0.2, 0.25) is 0 Å². The van der Waals surface area contributed by atoms with E-state index in [1.165, 1.54) is 61.6 Å². The maximum atomic E-state index is 14.1. The molecular formula is C30H36FN3O6S. The zero-order chi connectivity index (χ0) is 30.2. The predicted octanol–water partition coefficient (Wildman–Crippen LogP) is 4.37. The van der Waals surface area contributed by atoms with Gasteiger partial charge in [0.15, 0.2) is 0 Å². The molecule has 1 N–H and O–H groups in total. The lowest BCUT2D eigenvalue weighted by molar-refractivity contribution is -0.140. The minimum atomic E-state index is -4.29. The lowest BCUT2D eigenvalue weighted by Gasteiger charge is -2.34. The van der Waals surface area contributed by atoms with Crippen LogP contribution in [0.25, 0.3) is 0 Å². The van der Waals surface area contributed by atoms with E-state index in [0.717, 1.165) is 4.31 Å². The summed E-state index contributed by atoms with van der Waals surface area (Å²) in [5.74, 6) is -0.902. The van der Waals surface area contributed by atoms with Gasteiger partial charge < -0.3 is 19.7 Å². The highest BCUT2D eigenvalue weighted by atomic mass is 32.2. The number of benzene rings is 3. The van der Waals surface area contributed by atoms with Crippen LogP contribution in [0.4, 0.5) is 10.1 Å². The van der Waals surface area contributed by atoms with Gasteiger partial charge in [0.1, 0.15) is 29.9 Å². The Balaban J connectivity index is 2.13. The minimum absolute atomic E-state index is 0.0349. The second-order valence-corrected chi connectivity index (χ2v) is 11.5. The molecule has 0 saturated heterocycles. The van der Waals surface area contributed by atoms with Gasteiger partial charge in [-0.15, -0.1) is 0 Å². The van der Waals surface area contributed by atoms with E-state index in [1.54, 1.807) is 51.1 Å². The zero-order valence-electron chi connectivity index (χ0n) is 23.8. The molecule has 2 amide bonds. The van der Waals surface area contributed by atoms with Crippen LogP contribution in [0, 0.1) is 5.82 Å². The largest absolute Gasteiger partial charge is 0.497 e. The smallest absolute Gasteiger partial charge is 0.264 e. The van der Waals surface area contributed by atoms with E-state index in [1.807, 2.05) is 0 Å². The van der Waals surface area contributed by atoms with Gasteiger partial charge in [-0.3, -0.25) is 13.9 Å². The van der Waals surface area contributed by atoms with E-state index in [9.17, 15) is 22.4 Å². The molecule has 3 rings (SSSR count). The minimum Gasteiger partial charge on any atom is -0.497 e. The van der Waals surface area contributed by atoms with Crippen molar-refractivity contribution in [2.45, 2.75) is 50.7 Å². The molecule has 0 aliphatic rings. The van der Waals surface area contributed by atoms with Gasteiger partial charge in [-0.1, -0.05) is 37.3 Å². The molecule has 0 unspecified atom stereocenters. The number of carbonyl (C=O) groups excluding carboxylic acids is 2. The van der Waals surface area contributed by atoms with Crippen molar-refractivity contribution >= 4 is 27.5 Å². The first kappa shape index (κ1) is 31.4. The highest BCUT2D eigenvalue weighted by molar-refractivity contribution is 7.92. The van der Waals surface area contributed by atoms with Crippen molar-refractivity contribution in [3.05, 3.63) is 84.2 Å². The number of nitrogens with zero attached hydrogens (tertiary/aromatic N) is 2. The topological polar surface area (TPSA) is 105 Å². The number of methoxy groups -OCH3 is 2. The summed E-state index contributed by atoms with van der Waals surface area (Å²) in [4.78, 5) is 28.6. The summed E-state index contributed by atoms with van der Waals surface area (Å²) in [6, 6.07) is 16.8. The number of halogens is 1. The second kappa shape index (κ2) is 14.0. The van der Waals surface area contributed by atoms with Crippen LogP contribution in [0.1, 0.15) is 32.8 Å². The predicted molar refractivity (Wildman–Crippen MR) is 155 cm³/mol. The SMILES string of the molecule is CC[C@H](C(=O)NC(C)C)N(Cc1ccc(F)cc1)C(=O)CN(c1cc(OC)ccc1OC)S(=O)(=O)c1ccccc1. The Kier molecular flexibility index (Phi) is 10.7. The lowest BCUT2D eigenvalue weighted by atomic mass is 10.1. The van der Waals surface area contributed by atoms with Crippen molar-refractivity contribution in [2.75, 3.05) is 25.1 Å². The van der Waals surface area contributed by atoms with E-state index in [4.69, 9.17) is 9.47 Å². The van der Waals surface area contributed by atoms with Crippen molar-refractivity contribution in [2.24, 2.45) is 0 Å². The Hall–Kier alpha value is -4.12. The van der Waals surface area contributed by atoms with Crippen molar-refractivity contribution in [1.82, 2.24) is 10.2 Å². The molecule has 220 valence electrons. The fourth-order valence-electron chi connectivity index (χ4n) is 4.31. The monoisotopic (exact) mass is 585 g/mol. The van der Waals surface area contributed by atoms with Crippen molar-refractivity contribution in [1.29, 1.82) is 0 Å². The highest BCUT2D eigenvalue weighted by Gasteiger charge is 2.35. The molecule has 0 bridgehead atoms. The van der Waals surface area contributed by atoms with Crippen LogP contribution in [-0.4, -0.2) is 58.0 Å². The molecule has 0 radical (unpaired) electrons. The third-order valence-corrected chi connectivity index (χ3v) is 8.12. The van der Waals surface area contributed by atoms with Gasteiger partial charge >= 0.3 is 0 Å². The molecular weight excluding hydrogens is 549 g/mol. The number of hydrogen-bond acceptors (Lipinski definition) is 6. The van der Waals surface area contributed by atoms with E-state index < -0.39 is 34.3 Å². The van der Waals surface area contributed by atoms with Crippen molar-refractivity contribution < 1.29 is 31.9 Å². The van der Waals surface area contributed by atoms with Gasteiger partial charge in [0.2, 0.25) is 11.8 Å². The molecule has 0 aromatic heterocycles. The summed E-state index contributed by atoms with van der Waals surface area (Å²) in [5.41, 5.74) is 0.664. The fourth-order valence-corrected chi connectivity index (χ4v) is 5.75. The average molecular weight is 586 g/mol. The third kappa shape index (κ3) is 7.75. The van der Waals surface area contributed by atoms with Gasteiger partial charge in [-0.25, -0.2) is 12.8 Å². The summed E-state index contributed by atoms with van der Waals surface area (Å²) in [6.07, 6.45) is 0.263. The molecule has 3 aromatic rings. The van der Waals surface area contributed by atoms with Crippen LogP contribution < -0.4 is 19.1 Å². The van der Waals surface area contributed by atoms with Gasteiger partial charge in [0, 0.05) is 18.7 Å². The van der Waals surface area contributed by atoms with Crippen molar-refractivity contribution in [3.8, 4) is 11.5 Å². The summed E-state index contributed by atoms with van der Waals surface area (Å²) in [5, 5.41) is 2.84. The summed E-state index contributed by atoms with van der Waals surface area (Å²) in [6.45, 7) is 4.68. The fraction of sp³-hybridized carbons (Fsp3) is 0.333. The normalized spacial score (nSPS) is 12.0. The number of sulfonamides is 1. The Morgan fingerprint density at radius 3 is 2.17 bits per heavy atom. The summed E-state index contributed by atoms with van der Waals surface area (Å²) >= 11 is 0. The standard InChI is InChI=1S/C30H36FN3O6S/c1-6-26(30(36)32-21(2)3)33(19-22-12-14-23(31)15-13-22)29(35)20-34(41(37,38)25-10-8-7-9-11-25)27-18-24(39-4)16-17-28(27)40-5/h7-18,21,26H,6,19-20H2,1-5H3,(H,32,36)/t26-/m1/s1. The number of anilines is 1. The maximum absolute atomic E-state index is 14.1. The first-order chi connectivity index (χ1) is 19.5. The molecule has 0 saturated carbocycles. The quantitative estimate of drug-likeness (QED) is 0.320. The molecule has 0 fully saturated rings. The molecule has 9 nitrogen and oxygen atoms in total. The molecule has 0 spiro atoms. The van der Waals surface area contributed by atoms with Crippen LogP contribution in [0.5, 0.6) is 11.5 Å². The maximum Gasteiger partial charge on any atom is 0.264 e. The lowest BCUT2D eigenvalue weighted by Crippen LogP contribution is -2.53. The van der Waals surface area contributed by atoms with Gasteiger partial charge in [0.05, 0.1) is 24.8 Å². The first-order valence-electron chi connectivity index (χ1n) is 13.2. The van der Waals surface area contributed by atoms with Gasteiger partial charge in [-0.05, 0) is 62.2 Å². The number of rotatable bonds is 13. The van der Waals surface area contributed by atoms with E-state index in [-0.39, 0.29) is 41.2 Å². The van der Waals surface area contributed by atoms with Crippen LogP contribution in [0.15, 0.2) is 77.7 Å². The molecule has 1 atom stereocenters. The van der Waals surface area contributed by atoms with E-state index >= 15 is 0 Å². The Labute approximate surface area is 240 Å². The highest BCUT2D eigenvalue weighted by Crippen LogP contribution is 2.36. The Bertz CT molecular complexity index is 1430. The van der Waals surface area contributed by atoms with Crippen LogP contribution in [-0.2, 0) is 26.2 Å². The molecule has 11 heteroatoms. The van der Waals surface area contributed by atoms with E-state index in [2.05, 4.69) is 5.32 Å². The molecule has 0 aliphatic heterocycles. The molecule has 0 aliphatic carbocycles. The van der Waals surface area contributed by atoms with Crippen LogP contribution >= 0.6 is 0 Å². The summed E-state index contributed by atoms with van der Waals surface area (Å²) in [7, 11) is -1.46. The number of amides is 2. The zero-order valence-corrected chi connectivity index (χ0v) is 24.7. The molecule has 0 heterocycles. The number of hydrogen-bond donors (Lipinski definition) is 1. The Morgan fingerprint density at radius 1 is 0.951 bits per heavy atom. The average Bonchev–Trinajstić information content (AvgIpc) is 2.96. The Morgan fingerprint density at radius 2 is 1.61 bits per heavy atom. The second-order valence-electron chi connectivity index (χ2n) is 9.60. The van der Waals surface area contributed by atoms with Gasteiger partial charge in [0.25, 0.3) is 10.0 Å². The third-order valence-electron chi connectivity index (χ3n) is 6.35. The van der Waals surface area contributed by atoms with E-state index in [0.29, 0.717) is 11.3 Å². The summed E-state index contributed by atoms with van der Waals surface area (Å²) < 4.78 is 53.4. The molecule has 41 heavy (non-hydrogen) atoms. The van der Waals surface area contributed by atoms with Crippen molar-refractivity contribution in [3.63, 3.8) is 0 Å². The first-order valence-corrected chi connectivity index (χ1v) is 14.6. The number of carbonyl (C=O) groups is 2. The number of nitrogens with one attached hydrogen (secondary N) is 1. The number of ether oxygens (including phenoxy) is 2.